The monoisotopic (exact) mass is 342 g/mol. The van der Waals surface area contributed by atoms with E-state index >= 15 is 0 Å². The highest BCUT2D eigenvalue weighted by atomic mass is 16.7. The van der Waals surface area contributed by atoms with Crippen LogP contribution in [0, 0.1) is 5.92 Å². The summed E-state index contributed by atoms with van der Waals surface area (Å²) in [6.07, 6.45) is 4.44. The van der Waals surface area contributed by atoms with Crippen LogP contribution in [0.3, 0.4) is 0 Å². The van der Waals surface area contributed by atoms with Crippen molar-refractivity contribution in [3.8, 4) is 23.0 Å². The van der Waals surface area contributed by atoms with Gasteiger partial charge in [-0.05, 0) is 60.6 Å². The summed E-state index contributed by atoms with van der Waals surface area (Å²) in [6, 6.07) is 12.4. The Hall–Kier alpha value is -2.36. The Labute approximate surface area is 149 Å². The highest BCUT2D eigenvalue weighted by molar-refractivity contribution is 5.44. The van der Waals surface area contributed by atoms with E-state index in [4.69, 9.17) is 18.9 Å². The minimum absolute atomic E-state index is 0.333. The third-order valence-electron chi connectivity index (χ3n) is 4.63. The molecular formula is C21H26O4. The van der Waals surface area contributed by atoms with Gasteiger partial charge in [0.1, 0.15) is 0 Å². The van der Waals surface area contributed by atoms with Gasteiger partial charge in [-0.25, -0.2) is 0 Å². The molecule has 0 spiro atoms. The highest BCUT2D eigenvalue weighted by Gasteiger charge is 2.14. The van der Waals surface area contributed by atoms with Crippen LogP contribution in [0.15, 0.2) is 36.4 Å². The summed E-state index contributed by atoms with van der Waals surface area (Å²) in [5, 5.41) is 0. The molecule has 0 radical (unpaired) electrons. The van der Waals surface area contributed by atoms with Gasteiger partial charge in [0.25, 0.3) is 0 Å². The molecule has 25 heavy (non-hydrogen) atoms. The van der Waals surface area contributed by atoms with E-state index in [2.05, 4.69) is 31.2 Å². The molecule has 0 fully saturated rings. The molecule has 3 rings (SSSR count). The summed E-state index contributed by atoms with van der Waals surface area (Å²) in [5.74, 6) is 3.93. The fourth-order valence-corrected chi connectivity index (χ4v) is 3.26. The molecule has 1 atom stereocenters. The molecule has 2 aromatic rings. The van der Waals surface area contributed by atoms with Crippen molar-refractivity contribution in [2.45, 2.75) is 32.6 Å². The topological polar surface area (TPSA) is 36.9 Å². The number of ether oxygens (including phenoxy) is 4. The molecule has 0 unspecified atom stereocenters. The van der Waals surface area contributed by atoms with E-state index in [1.54, 1.807) is 14.2 Å². The van der Waals surface area contributed by atoms with Crippen LogP contribution in [0.5, 0.6) is 23.0 Å². The van der Waals surface area contributed by atoms with Gasteiger partial charge in [-0.15, -0.1) is 0 Å². The van der Waals surface area contributed by atoms with Gasteiger partial charge < -0.3 is 18.9 Å². The van der Waals surface area contributed by atoms with Crippen molar-refractivity contribution in [3.63, 3.8) is 0 Å². The third kappa shape index (κ3) is 4.38. The number of rotatable bonds is 8. The summed E-state index contributed by atoms with van der Waals surface area (Å²) in [5.41, 5.74) is 2.59. The Morgan fingerprint density at radius 3 is 2.48 bits per heavy atom. The molecule has 0 aliphatic carbocycles. The van der Waals surface area contributed by atoms with E-state index in [0.29, 0.717) is 12.7 Å². The Balaban J connectivity index is 1.48. The number of fused-ring (bicyclic) bond motifs is 1. The molecule has 134 valence electrons. The molecule has 0 saturated heterocycles. The van der Waals surface area contributed by atoms with E-state index in [9.17, 15) is 0 Å². The second-order valence-corrected chi connectivity index (χ2v) is 6.58. The van der Waals surface area contributed by atoms with Crippen LogP contribution in [0.25, 0.3) is 0 Å². The second kappa shape index (κ2) is 8.15. The smallest absolute Gasteiger partial charge is 0.231 e. The van der Waals surface area contributed by atoms with Crippen molar-refractivity contribution in [2.24, 2.45) is 5.92 Å². The second-order valence-electron chi connectivity index (χ2n) is 6.58. The molecule has 0 amide bonds. The maximum absolute atomic E-state index is 5.46. The van der Waals surface area contributed by atoms with Crippen LogP contribution in [0.2, 0.25) is 0 Å². The van der Waals surface area contributed by atoms with E-state index in [-0.39, 0.29) is 0 Å². The van der Waals surface area contributed by atoms with Gasteiger partial charge in [0.2, 0.25) is 6.79 Å². The number of aryl methyl sites for hydroxylation is 1. The van der Waals surface area contributed by atoms with Gasteiger partial charge in [-0.2, -0.15) is 0 Å². The van der Waals surface area contributed by atoms with Crippen molar-refractivity contribution in [1.29, 1.82) is 0 Å². The van der Waals surface area contributed by atoms with E-state index in [1.807, 2.05) is 12.1 Å². The maximum atomic E-state index is 5.46. The fourth-order valence-electron chi connectivity index (χ4n) is 3.26. The van der Waals surface area contributed by atoms with Crippen LogP contribution in [0.1, 0.15) is 30.9 Å². The molecule has 1 aliphatic heterocycles. The lowest BCUT2D eigenvalue weighted by Gasteiger charge is -2.13. The van der Waals surface area contributed by atoms with Crippen LogP contribution < -0.4 is 18.9 Å². The molecule has 0 bridgehead atoms. The van der Waals surface area contributed by atoms with E-state index < -0.39 is 0 Å². The van der Waals surface area contributed by atoms with Crippen molar-refractivity contribution < 1.29 is 18.9 Å². The molecule has 1 aliphatic rings. The molecule has 4 heteroatoms. The quantitative estimate of drug-likeness (QED) is 0.701. The van der Waals surface area contributed by atoms with Crippen LogP contribution >= 0.6 is 0 Å². The summed E-state index contributed by atoms with van der Waals surface area (Å²) in [7, 11) is 3.34. The lowest BCUT2D eigenvalue weighted by Crippen LogP contribution is -2.01. The fraction of sp³-hybridized carbons (Fsp3) is 0.429. The van der Waals surface area contributed by atoms with E-state index in [1.165, 1.54) is 17.5 Å². The summed E-state index contributed by atoms with van der Waals surface area (Å²) >= 11 is 0. The highest BCUT2D eigenvalue weighted by Crippen LogP contribution is 2.33. The normalized spacial score (nSPS) is 13.6. The summed E-state index contributed by atoms with van der Waals surface area (Å²) in [6.45, 7) is 2.64. The predicted octanol–water partition coefficient (Wildman–Crippen LogP) is 4.63. The van der Waals surface area contributed by atoms with Crippen molar-refractivity contribution in [1.82, 2.24) is 0 Å². The summed E-state index contributed by atoms with van der Waals surface area (Å²) < 4.78 is 21.5. The minimum Gasteiger partial charge on any atom is -0.493 e. The molecule has 0 aromatic heterocycles. The average Bonchev–Trinajstić information content (AvgIpc) is 3.09. The van der Waals surface area contributed by atoms with Gasteiger partial charge in [0, 0.05) is 0 Å². The van der Waals surface area contributed by atoms with E-state index in [0.717, 1.165) is 42.3 Å². The molecule has 0 N–H and O–H groups in total. The number of methoxy groups -OCH3 is 2. The first-order valence-corrected chi connectivity index (χ1v) is 8.79. The van der Waals surface area contributed by atoms with Crippen molar-refractivity contribution in [3.05, 3.63) is 47.5 Å². The lowest BCUT2D eigenvalue weighted by atomic mass is 9.94. The lowest BCUT2D eigenvalue weighted by molar-refractivity contribution is 0.174. The first-order chi connectivity index (χ1) is 12.2. The molecule has 2 aromatic carbocycles. The maximum Gasteiger partial charge on any atom is 0.231 e. The zero-order chi connectivity index (χ0) is 17.6. The minimum atomic E-state index is 0.333. The third-order valence-corrected chi connectivity index (χ3v) is 4.63. The van der Waals surface area contributed by atoms with Gasteiger partial charge in [-0.3, -0.25) is 0 Å². The Bertz CT molecular complexity index is 711. The molecule has 1 heterocycles. The van der Waals surface area contributed by atoms with Crippen LogP contribution in [-0.2, 0) is 12.8 Å². The first-order valence-electron chi connectivity index (χ1n) is 8.79. The Morgan fingerprint density at radius 1 is 0.920 bits per heavy atom. The largest absolute Gasteiger partial charge is 0.493 e. The molecular weight excluding hydrogens is 316 g/mol. The van der Waals surface area contributed by atoms with Crippen LogP contribution in [0.4, 0.5) is 0 Å². The zero-order valence-corrected chi connectivity index (χ0v) is 15.2. The zero-order valence-electron chi connectivity index (χ0n) is 15.2. The number of benzene rings is 2. The average molecular weight is 342 g/mol. The number of hydrogen-bond acceptors (Lipinski definition) is 4. The molecule has 4 nitrogen and oxygen atoms in total. The van der Waals surface area contributed by atoms with Gasteiger partial charge in [0.15, 0.2) is 23.0 Å². The van der Waals surface area contributed by atoms with Gasteiger partial charge in [0.05, 0.1) is 14.2 Å². The SMILES string of the molecule is COc1ccc(CCC[C@H](C)Cc2ccc3c(c2)OCO3)cc1OC. The van der Waals surface area contributed by atoms with Crippen molar-refractivity contribution in [2.75, 3.05) is 21.0 Å². The number of hydrogen-bond donors (Lipinski definition) is 0. The Morgan fingerprint density at radius 2 is 1.68 bits per heavy atom. The van der Waals surface area contributed by atoms with Gasteiger partial charge in [-0.1, -0.05) is 25.5 Å². The first kappa shape index (κ1) is 17.5. The summed E-state index contributed by atoms with van der Waals surface area (Å²) in [4.78, 5) is 0. The van der Waals surface area contributed by atoms with Gasteiger partial charge >= 0.3 is 0 Å². The predicted molar refractivity (Wildman–Crippen MR) is 97.9 cm³/mol. The van der Waals surface area contributed by atoms with Crippen molar-refractivity contribution >= 4 is 0 Å². The molecule has 0 saturated carbocycles. The standard InChI is InChI=1S/C21H26O4/c1-15(11-17-8-10-19-21(13-17)25-14-24-19)5-4-6-16-7-9-18(22-2)20(12-16)23-3/h7-10,12-13,15H,4-6,11,14H2,1-3H3/t15-/m0/s1. The Kier molecular flexibility index (Phi) is 5.69. The van der Waals surface area contributed by atoms with Crippen LogP contribution in [-0.4, -0.2) is 21.0 Å².